The number of hydrogen-bond acceptors (Lipinski definition) is 2. The molecule has 0 aliphatic carbocycles. The van der Waals surface area contributed by atoms with E-state index in [1.165, 1.54) is 5.56 Å². The van der Waals surface area contributed by atoms with Crippen molar-refractivity contribution in [3.8, 4) is 11.5 Å². The number of H-pyrrole nitrogens is 1. The summed E-state index contributed by atoms with van der Waals surface area (Å²) in [4.78, 5) is 12.1. The number of aromatic nitrogens is 4. The van der Waals surface area contributed by atoms with Gasteiger partial charge in [-0.3, -0.25) is 0 Å². The molecular formula is C12H12N4. The Morgan fingerprint density at radius 1 is 1.31 bits per heavy atom. The van der Waals surface area contributed by atoms with Gasteiger partial charge in [-0.2, -0.15) is 0 Å². The summed E-state index contributed by atoms with van der Waals surface area (Å²) >= 11 is 0. The Morgan fingerprint density at radius 3 is 2.94 bits per heavy atom. The Kier molecular flexibility index (Phi) is 1.83. The molecular weight excluding hydrogens is 200 g/mol. The highest BCUT2D eigenvalue weighted by atomic mass is 15.0. The lowest BCUT2D eigenvalue weighted by Gasteiger charge is -1.89. The number of rotatable bonds is 1. The monoisotopic (exact) mass is 212 g/mol. The van der Waals surface area contributed by atoms with Gasteiger partial charge in [0.05, 0.1) is 17.4 Å². The van der Waals surface area contributed by atoms with E-state index in [0.717, 1.165) is 22.6 Å². The van der Waals surface area contributed by atoms with Crippen LogP contribution in [0.15, 0.2) is 30.7 Å². The summed E-state index contributed by atoms with van der Waals surface area (Å²) in [5.41, 5.74) is 4.13. The van der Waals surface area contributed by atoms with Crippen LogP contribution < -0.4 is 0 Å². The number of benzene rings is 1. The van der Waals surface area contributed by atoms with Crippen molar-refractivity contribution in [2.45, 2.75) is 6.92 Å². The van der Waals surface area contributed by atoms with Gasteiger partial charge in [0, 0.05) is 13.2 Å². The SMILES string of the molecule is Cc1ccc2nc(-c3cn(C)cn3)[nH]c2c1. The van der Waals surface area contributed by atoms with Gasteiger partial charge >= 0.3 is 0 Å². The number of imidazole rings is 2. The Balaban J connectivity index is 2.18. The van der Waals surface area contributed by atoms with Crippen molar-refractivity contribution in [3.05, 3.63) is 36.3 Å². The average molecular weight is 212 g/mol. The third kappa shape index (κ3) is 1.39. The van der Waals surface area contributed by atoms with E-state index < -0.39 is 0 Å². The van der Waals surface area contributed by atoms with Gasteiger partial charge in [-0.1, -0.05) is 6.07 Å². The Morgan fingerprint density at radius 2 is 2.19 bits per heavy atom. The van der Waals surface area contributed by atoms with Crippen LogP contribution in [0.3, 0.4) is 0 Å². The standard InChI is InChI=1S/C12H12N4/c1-8-3-4-9-10(5-8)15-12(14-9)11-6-16(2)7-13-11/h3-7H,1-2H3,(H,14,15). The molecule has 0 unspecified atom stereocenters. The molecule has 4 nitrogen and oxygen atoms in total. The summed E-state index contributed by atoms with van der Waals surface area (Å²) in [6.45, 7) is 2.07. The molecule has 0 amide bonds. The van der Waals surface area contributed by atoms with Crippen LogP contribution in [0.25, 0.3) is 22.6 Å². The van der Waals surface area contributed by atoms with Crippen LogP contribution >= 0.6 is 0 Å². The molecule has 2 heterocycles. The van der Waals surface area contributed by atoms with Crippen LogP contribution in [0.2, 0.25) is 0 Å². The van der Waals surface area contributed by atoms with Crippen LogP contribution in [0.4, 0.5) is 0 Å². The predicted octanol–water partition coefficient (Wildman–Crippen LogP) is 2.27. The quantitative estimate of drug-likeness (QED) is 0.672. The van der Waals surface area contributed by atoms with Crippen molar-refractivity contribution in [2.24, 2.45) is 7.05 Å². The predicted molar refractivity (Wildman–Crippen MR) is 63.0 cm³/mol. The first-order valence-electron chi connectivity index (χ1n) is 5.17. The fraction of sp³-hybridized carbons (Fsp3) is 0.167. The van der Waals surface area contributed by atoms with Crippen molar-refractivity contribution in [1.29, 1.82) is 0 Å². The highest BCUT2D eigenvalue weighted by Crippen LogP contribution is 2.19. The summed E-state index contributed by atoms with van der Waals surface area (Å²) in [7, 11) is 1.95. The molecule has 0 atom stereocenters. The van der Waals surface area contributed by atoms with Gasteiger partial charge in [-0.25, -0.2) is 9.97 Å². The molecule has 0 saturated heterocycles. The summed E-state index contributed by atoms with van der Waals surface area (Å²) in [5.74, 6) is 0.821. The maximum Gasteiger partial charge on any atom is 0.158 e. The Labute approximate surface area is 93.0 Å². The molecule has 16 heavy (non-hydrogen) atoms. The van der Waals surface area contributed by atoms with E-state index in [4.69, 9.17) is 0 Å². The van der Waals surface area contributed by atoms with E-state index >= 15 is 0 Å². The maximum absolute atomic E-state index is 4.51. The molecule has 1 aromatic carbocycles. The summed E-state index contributed by atoms with van der Waals surface area (Å²) in [6.07, 6.45) is 3.72. The number of aryl methyl sites for hydroxylation is 2. The minimum absolute atomic E-state index is 0.821. The van der Waals surface area contributed by atoms with Crippen molar-refractivity contribution >= 4 is 11.0 Å². The van der Waals surface area contributed by atoms with Crippen molar-refractivity contribution < 1.29 is 0 Å². The van der Waals surface area contributed by atoms with E-state index in [1.807, 2.05) is 23.9 Å². The second-order valence-corrected chi connectivity index (χ2v) is 4.03. The van der Waals surface area contributed by atoms with Gasteiger partial charge < -0.3 is 9.55 Å². The van der Waals surface area contributed by atoms with Crippen LogP contribution in [-0.4, -0.2) is 19.5 Å². The molecule has 0 bridgehead atoms. The largest absolute Gasteiger partial charge is 0.340 e. The van der Waals surface area contributed by atoms with E-state index in [-0.39, 0.29) is 0 Å². The molecule has 3 aromatic rings. The summed E-state index contributed by atoms with van der Waals surface area (Å²) in [5, 5.41) is 0. The van der Waals surface area contributed by atoms with Crippen molar-refractivity contribution in [3.63, 3.8) is 0 Å². The normalized spacial score (nSPS) is 11.1. The van der Waals surface area contributed by atoms with Crippen LogP contribution in [0.1, 0.15) is 5.56 Å². The van der Waals surface area contributed by atoms with E-state index in [1.54, 1.807) is 6.33 Å². The number of fused-ring (bicyclic) bond motifs is 1. The number of nitrogens with one attached hydrogen (secondary N) is 1. The lowest BCUT2D eigenvalue weighted by Crippen LogP contribution is -1.80. The number of nitrogens with zero attached hydrogens (tertiary/aromatic N) is 3. The second kappa shape index (κ2) is 3.20. The topological polar surface area (TPSA) is 46.5 Å². The Hall–Kier alpha value is -2.10. The number of aromatic amines is 1. The fourth-order valence-electron chi connectivity index (χ4n) is 1.78. The third-order valence-corrected chi connectivity index (χ3v) is 2.58. The molecule has 0 spiro atoms. The molecule has 4 heteroatoms. The number of hydrogen-bond donors (Lipinski definition) is 1. The molecule has 1 N–H and O–H groups in total. The highest BCUT2D eigenvalue weighted by Gasteiger charge is 2.07. The first-order chi connectivity index (χ1) is 7.72. The zero-order valence-electron chi connectivity index (χ0n) is 9.23. The maximum atomic E-state index is 4.51. The second-order valence-electron chi connectivity index (χ2n) is 4.03. The molecule has 0 aliphatic rings. The van der Waals surface area contributed by atoms with E-state index in [2.05, 4.69) is 34.0 Å². The first-order valence-corrected chi connectivity index (χ1v) is 5.17. The van der Waals surface area contributed by atoms with E-state index in [9.17, 15) is 0 Å². The summed E-state index contributed by atoms with van der Waals surface area (Å²) in [6, 6.07) is 6.17. The Bertz CT molecular complexity index is 648. The van der Waals surface area contributed by atoms with E-state index in [0.29, 0.717) is 0 Å². The first kappa shape index (κ1) is 9.15. The van der Waals surface area contributed by atoms with Crippen molar-refractivity contribution in [1.82, 2.24) is 19.5 Å². The third-order valence-electron chi connectivity index (χ3n) is 2.58. The fourth-order valence-corrected chi connectivity index (χ4v) is 1.78. The zero-order chi connectivity index (χ0) is 11.1. The van der Waals surface area contributed by atoms with Crippen molar-refractivity contribution in [2.75, 3.05) is 0 Å². The van der Waals surface area contributed by atoms with Gasteiger partial charge in [-0.15, -0.1) is 0 Å². The average Bonchev–Trinajstić information content (AvgIpc) is 2.83. The molecule has 80 valence electrons. The van der Waals surface area contributed by atoms with Crippen LogP contribution in [-0.2, 0) is 7.05 Å². The minimum Gasteiger partial charge on any atom is -0.340 e. The highest BCUT2D eigenvalue weighted by molar-refractivity contribution is 5.79. The molecule has 0 fully saturated rings. The minimum atomic E-state index is 0.821. The lowest BCUT2D eigenvalue weighted by molar-refractivity contribution is 0.913. The van der Waals surface area contributed by atoms with Gasteiger partial charge in [0.1, 0.15) is 5.69 Å². The van der Waals surface area contributed by atoms with Gasteiger partial charge in [0.15, 0.2) is 5.82 Å². The van der Waals surface area contributed by atoms with Crippen LogP contribution in [0, 0.1) is 6.92 Å². The molecule has 0 aliphatic heterocycles. The molecule has 0 saturated carbocycles. The zero-order valence-corrected chi connectivity index (χ0v) is 9.23. The van der Waals surface area contributed by atoms with Gasteiger partial charge in [-0.05, 0) is 24.6 Å². The molecule has 3 rings (SSSR count). The summed E-state index contributed by atoms with van der Waals surface area (Å²) < 4.78 is 1.91. The smallest absolute Gasteiger partial charge is 0.158 e. The molecule has 0 radical (unpaired) electrons. The van der Waals surface area contributed by atoms with Gasteiger partial charge in [0.25, 0.3) is 0 Å². The molecule has 2 aromatic heterocycles. The van der Waals surface area contributed by atoms with Crippen LogP contribution in [0.5, 0.6) is 0 Å². The van der Waals surface area contributed by atoms with Gasteiger partial charge in [0.2, 0.25) is 0 Å². The lowest BCUT2D eigenvalue weighted by atomic mass is 10.2.